The number of hydrogen-bond acceptors (Lipinski definition) is 6. The Morgan fingerprint density at radius 2 is 1.82 bits per heavy atom. The highest BCUT2D eigenvalue weighted by atomic mass is 32.2. The monoisotopic (exact) mass is 459 g/mol. The molecule has 2 aromatic carbocycles. The Labute approximate surface area is 197 Å². The summed E-state index contributed by atoms with van der Waals surface area (Å²) >= 11 is 1.39. The number of rotatable bonds is 9. The molecule has 1 N–H and O–H groups in total. The van der Waals surface area contributed by atoms with Gasteiger partial charge in [-0.3, -0.25) is 14.3 Å². The Balaban J connectivity index is 1.49. The van der Waals surface area contributed by atoms with Crippen LogP contribution in [0, 0.1) is 0 Å². The van der Waals surface area contributed by atoms with Gasteiger partial charge in [0.25, 0.3) is 0 Å². The summed E-state index contributed by atoms with van der Waals surface area (Å²) in [5.74, 6) is 1.45. The van der Waals surface area contributed by atoms with Crippen LogP contribution in [0.25, 0.3) is 11.4 Å². The largest absolute Gasteiger partial charge is 0.497 e. The topological polar surface area (TPSA) is 81.9 Å². The maximum atomic E-state index is 12.8. The number of nitrogens with zero attached hydrogens (tertiary/aromatic N) is 4. The molecule has 0 fully saturated rings. The van der Waals surface area contributed by atoms with Crippen molar-refractivity contribution in [2.75, 3.05) is 7.11 Å². The van der Waals surface area contributed by atoms with E-state index in [2.05, 4.69) is 32.6 Å². The summed E-state index contributed by atoms with van der Waals surface area (Å²) in [5, 5.41) is 12.2. The van der Waals surface area contributed by atoms with Crippen molar-refractivity contribution in [2.45, 2.75) is 30.4 Å². The summed E-state index contributed by atoms with van der Waals surface area (Å²) < 4.78 is 7.21. The van der Waals surface area contributed by atoms with Crippen LogP contribution in [0.1, 0.15) is 18.1 Å². The second-order valence-electron chi connectivity index (χ2n) is 7.45. The zero-order chi connectivity index (χ0) is 23.0. The number of hydrogen-bond donors (Lipinski definition) is 1. The Bertz CT molecular complexity index is 1180. The molecule has 0 saturated heterocycles. The van der Waals surface area contributed by atoms with Crippen LogP contribution in [-0.4, -0.2) is 38.0 Å². The molecule has 0 saturated carbocycles. The molecule has 0 bridgehead atoms. The van der Waals surface area contributed by atoms with E-state index in [0.29, 0.717) is 18.2 Å². The first-order valence-electron chi connectivity index (χ1n) is 10.6. The van der Waals surface area contributed by atoms with Crippen LogP contribution < -0.4 is 10.1 Å². The molecule has 0 radical (unpaired) electrons. The molecule has 0 aliphatic rings. The number of thioether (sulfide) groups is 1. The SMILES string of the molecule is COc1ccc(CNC(=O)C(C)Sc2nnc(-c3cccnc3)n2Cc2ccccc2)cc1. The highest BCUT2D eigenvalue weighted by Gasteiger charge is 2.21. The van der Waals surface area contributed by atoms with E-state index in [-0.39, 0.29) is 11.2 Å². The molecule has 1 amide bonds. The maximum absolute atomic E-state index is 12.8. The summed E-state index contributed by atoms with van der Waals surface area (Å²) in [7, 11) is 1.63. The molecule has 2 aromatic heterocycles. The summed E-state index contributed by atoms with van der Waals surface area (Å²) in [6.45, 7) is 2.92. The minimum atomic E-state index is -0.344. The lowest BCUT2D eigenvalue weighted by atomic mass is 10.2. The fourth-order valence-electron chi connectivity index (χ4n) is 3.28. The number of methoxy groups -OCH3 is 1. The predicted molar refractivity (Wildman–Crippen MR) is 129 cm³/mol. The smallest absolute Gasteiger partial charge is 0.233 e. The standard InChI is InChI=1S/C25H25N5O2S/c1-18(24(31)27-15-19-10-12-22(32-2)13-11-19)33-25-29-28-23(21-9-6-14-26-16-21)30(25)17-20-7-4-3-5-8-20/h3-14,16,18H,15,17H2,1-2H3,(H,27,31). The molecule has 0 aliphatic carbocycles. The van der Waals surface area contributed by atoms with E-state index >= 15 is 0 Å². The van der Waals surface area contributed by atoms with Gasteiger partial charge >= 0.3 is 0 Å². The number of carbonyl (C=O) groups excluding carboxylic acids is 1. The van der Waals surface area contributed by atoms with Crippen LogP contribution in [0.3, 0.4) is 0 Å². The van der Waals surface area contributed by atoms with Gasteiger partial charge in [-0.2, -0.15) is 0 Å². The van der Waals surface area contributed by atoms with Gasteiger partial charge in [-0.15, -0.1) is 10.2 Å². The van der Waals surface area contributed by atoms with Crippen molar-refractivity contribution in [1.29, 1.82) is 0 Å². The molecular formula is C25H25N5O2S. The van der Waals surface area contributed by atoms with Gasteiger partial charge in [0.05, 0.1) is 18.9 Å². The van der Waals surface area contributed by atoms with Crippen molar-refractivity contribution >= 4 is 17.7 Å². The van der Waals surface area contributed by atoms with E-state index in [1.807, 2.05) is 66.1 Å². The average Bonchev–Trinajstić information content (AvgIpc) is 3.25. The third-order valence-corrected chi connectivity index (χ3v) is 6.18. The first-order valence-corrected chi connectivity index (χ1v) is 11.5. The highest BCUT2D eigenvalue weighted by molar-refractivity contribution is 8.00. The molecule has 7 nitrogen and oxygen atoms in total. The molecular weight excluding hydrogens is 434 g/mol. The summed E-state index contributed by atoms with van der Waals surface area (Å²) in [6, 6.07) is 21.6. The second-order valence-corrected chi connectivity index (χ2v) is 8.75. The molecule has 168 valence electrons. The van der Waals surface area contributed by atoms with Crippen molar-refractivity contribution < 1.29 is 9.53 Å². The lowest BCUT2D eigenvalue weighted by Crippen LogP contribution is -2.30. The van der Waals surface area contributed by atoms with Crippen LogP contribution in [0.15, 0.2) is 84.3 Å². The number of ether oxygens (including phenoxy) is 1. The quantitative estimate of drug-likeness (QED) is 0.378. The maximum Gasteiger partial charge on any atom is 0.233 e. The van der Waals surface area contributed by atoms with Crippen molar-refractivity contribution in [3.63, 3.8) is 0 Å². The number of nitrogens with one attached hydrogen (secondary N) is 1. The summed E-state index contributed by atoms with van der Waals surface area (Å²) in [5.41, 5.74) is 3.01. The lowest BCUT2D eigenvalue weighted by Gasteiger charge is -2.14. The van der Waals surface area contributed by atoms with E-state index in [1.165, 1.54) is 11.8 Å². The van der Waals surface area contributed by atoms with Crippen LogP contribution in [0.5, 0.6) is 5.75 Å². The number of benzene rings is 2. The molecule has 1 unspecified atom stereocenters. The van der Waals surface area contributed by atoms with Gasteiger partial charge < -0.3 is 10.1 Å². The minimum absolute atomic E-state index is 0.0620. The number of amides is 1. The number of pyridine rings is 1. The van der Waals surface area contributed by atoms with E-state index in [9.17, 15) is 4.79 Å². The Kier molecular flexibility index (Phi) is 7.36. The van der Waals surface area contributed by atoms with Gasteiger partial charge in [0.2, 0.25) is 5.91 Å². The summed E-state index contributed by atoms with van der Waals surface area (Å²) in [4.78, 5) is 17.0. The van der Waals surface area contributed by atoms with Crippen molar-refractivity contribution in [3.05, 3.63) is 90.3 Å². The van der Waals surface area contributed by atoms with Gasteiger partial charge in [-0.1, -0.05) is 54.2 Å². The van der Waals surface area contributed by atoms with E-state index < -0.39 is 0 Å². The zero-order valence-corrected chi connectivity index (χ0v) is 19.3. The molecule has 4 aromatic rings. The first kappa shape index (κ1) is 22.5. The van der Waals surface area contributed by atoms with Crippen molar-refractivity contribution in [2.24, 2.45) is 0 Å². The van der Waals surface area contributed by atoms with Gasteiger partial charge in [0.1, 0.15) is 5.75 Å². The Hall–Kier alpha value is -3.65. The first-order chi connectivity index (χ1) is 16.1. The highest BCUT2D eigenvalue weighted by Crippen LogP contribution is 2.27. The van der Waals surface area contributed by atoms with Crippen molar-refractivity contribution in [1.82, 2.24) is 25.1 Å². The lowest BCUT2D eigenvalue weighted by molar-refractivity contribution is -0.120. The molecule has 4 rings (SSSR count). The molecule has 0 spiro atoms. The van der Waals surface area contributed by atoms with E-state index in [0.717, 1.165) is 28.3 Å². The third kappa shape index (κ3) is 5.78. The number of carbonyl (C=O) groups is 1. The van der Waals surface area contributed by atoms with Crippen LogP contribution in [-0.2, 0) is 17.9 Å². The molecule has 1 atom stereocenters. The van der Waals surface area contributed by atoms with E-state index in [1.54, 1.807) is 19.5 Å². The van der Waals surface area contributed by atoms with Gasteiger partial charge in [-0.25, -0.2) is 0 Å². The zero-order valence-electron chi connectivity index (χ0n) is 18.5. The van der Waals surface area contributed by atoms with Crippen LogP contribution >= 0.6 is 11.8 Å². The van der Waals surface area contributed by atoms with Crippen LogP contribution in [0.4, 0.5) is 0 Å². The fourth-order valence-corrected chi connectivity index (χ4v) is 4.15. The molecule has 8 heteroatoms. The van der Waals surface area contributed by atoms with Crippen LogP contribution in [0.2, 0.25) is 0 Å². The third-order valence-electron chi connectivity index (χ3n) is 5.10. The average molecular weight is 460 g/mol. The second kappa shape index (κ2) is 10.8. The molecule has 0 aliphatic heterocycles. The molecule has 33 heavy (non-hydrogen) atoms. The molecule has 2 heterocycles. The van der Waals surface area contributed by atoms with Gasteiger partial charge in [0.15, 0.2) is 11.0 Å². The summed E-state index contributed by atoms with van der Waals surface area (Å²) in [6.07, 6.45) is 3.50. The minimum Gasteiger partial charge on any atom is -0.497 e. The van der Waals surface area contributed by atoms with Gasteiger partial charge in [-0.05, 0) is 42.3 Å². The van der Waals surface area contributed by atoms with Gasteiger partial charge in [0, 0.05) is 24.5 Å². The Morgan fingerprint density at radius 1 is 1.03 bits per heavy atom. The van der Waals surface area contributed by atoms with E-state index in [4.69, 9.17) is 4.74 Å². The Morgan fingerprint density at radius 3 is 2.52 bits per heavy atom. The number of aromatic nitrogens is 4. The predicted octanol–water partition coefficient (Wildman–Crippen LogP) is 4.19. The normalized spacial score (nSPS) is 11.7. The fraction of sp³-hybridized carbons (Fsp3) is 0.200. The van der Waals surface area contributed by atoms with Crippen molar-refractivity contribution in [3.8, 4) is 17.1 Å².